The van der Waals surface area contributed by atoms with E-state index >= 15 is 0 Å². The van der Waals surface area contributed by atoms with Crippen molar-refractivity contribution in [1.82, 2.24) is 14.4 Å². The fraction of sp³-hybridized carbons (Fsp3) is 0.538. The first-order chi connectivity index (χ1) is 25.0. The molecule has 2 amide bonds. The number of nitrogens with zero attached hydrogens (tertiary/aromatic N) is 5. The molecule has 0 radical (unpaired) electrons. The molecule has 0 spiro atoms. The lowest BCUT2D eigenvalue weighted by molar-refractivity contribution is -0.137. The smallest absolute Gasteiger partial charge is 0.435 e. The minimum absolute atomic E-state index is 0.0406. The number of unbranched alkanes of at least 4 members (excludes halogenated alkanes) is 4. The average molecular weight is 722 g/mol. The van der Waals surface area contributed by atoms with Gasteiger partial charge in [0.1, 0.15) is 0 Å². The summed E-state index contributed by atoms with van der Waals surface area (Å²) in [5, 5.41) is 29.0. The third-order valence-corrected chi connectivity index (χ3v) is 8.93. The largest absolute Gasteiger partial charge is 0.481 e. The molecule has 0 saturated heterocycles. The lowest BCUT2D eigenvalue weighted by Crippen LogP contribution is -2.32. The van der Waals surface area contributed by atoms with Crippen molar-refractivity contribution in [3.8, 4) is 0 Å². The van der Waals surface area contributed by atoms with Crippen molar-refractivity contribution < 1.29 is 39.1 Å². The molecular weight excluding hydrogens is 666 g/mol. The summed E-state index contributed by atoms with van der Waals surface area (Å²) >= 11 is 0. The van der Waals surface area contributed by atoms with Gasteiger partial charge >= 0.3 is 24.1 Å². The standard InChI is InChI=1S/C39H55N5O8/c1-6-10-22-43(23-11-7-2)38(49)51-40-32(16-20-36(45)46)28-14-18-34-30(26-28)31-27-29(15-19-35(31)42(34)5)33(17-21-37(47)48)41-52-39(50)44(24-12-8-3)25-13-9-4/h14-15,18-19,26-27H,6-13,16-17,20-25H2,1-5H3,(H,45,46)(H,47,48)/b40-32+,41-33+. The summed E-state index contributed by atoms with van der Waals surface area (Å²) in [6, 6.07) is 11.2. The number of amides is 2. The summed E-state index contributed by atoms with van der Waals surface area (Å²) in [6.45, 7) is 10.4. The van der Waals surface area contributed by atoms with E-state index in [9.17, 15) is 29.4 Å². The number of carbonyl (C=O) groups is 4. The number of aromatic nitrogens is 1. The van der Waals surface area contributed by atoms with Gasteiger partial charge in [-0.3, -0.25) is 19.3 Å². The van der Waals surface area contributed by atoms with E-state index in [4.69, 9.17) is 9.68 Å². The molecule has 0 atom stereocenters. The minimum atomic E-state index is -1.00. The molecule has 3 rings (SSSR count). The maximum Gasteiger partial charge on any atom is 0.435 e. The molecule has 13 nitrogen and oxygen atoms in total. The van der Waals surface area contributed by atoms with E-state index < -0.39 is 24.1 Å². The molecule has 0 aliphatic rings. The van der Waals surface area contributed by atoms with Gasteiger partial charge in [0.05, 0.1) is 24.3 Å². The van der Waals surface area contributed by atoms with E-state index in [1.54, 1.807) is 9.80 Å². The van der Waals surface area contributed by atoms with Crippen LogP contribution in [0.25, 0.3) is 21.8 Å². The Bertz CT molecular complexity index is 1590. The molecule has 0 aliphatic heterocycles. The van der Waals surface area contributed by atoms with Crippen molar-refractivity contribution in [3.63, 3.8) is 0 Å². The van der Waals surface area contributed by atoms with Crippen LogP contribution in [-0.4, -0.2) is 86.3 Å². The van der Waals surface area contributed by atoms with Gasteiger partial charge in [0.25, 0.3) is 0 Å². The number of carboxylic acids is 2. The second kappa shape index (κ2) is 21.4. The van der Waals surface area contributed by atoms with Crippen LogP contribution in [0.2, 0.25) is 0 Å². The Balaban J connectivity index is 2.05. The van der Waals surface area contributed by atoms with E-state index in [2.05, 4.69) is 10.3 Å². The molecular formula is C39H55N5O8. The van der Waals surface area contributed by atoms with Crippen LogP contribution in [0, 0.1) is 0 Å². The maximum atomic E-state index is 13.0. The van der Waals surface area contributed by atoms with Gasteiger partial charge < -0.3 is 24.6 Å². The first-order valence-corrected chi connectivity index (χ1v) is 18.6. The molecule has 1 aromatic heterocycles. The Hall–Kier alpha value is -4.94. The van der Waals surface area contributed by atoms with Crippen molar-refractivity contribution in [1.29, 1.82) is 0 Å². The Morgan fingerprint density at radius 2 is 0.942 bits per heavy atom. The number of oxime groups is 2. The highest BCUT2D eigenvalue weighted by Gasteiger charge is 2.19. The highest BCUT2D eigenvalue weighted by Crippen LogP contribution is 2.31. The molecule has 0 saturated carbocycles. The molecule has 0 fully saturated rings. The maximum absolute atomic E-state index is 13.0. The predicted octanol–water partition coefficient (Wildman–Crippen LogP) is 8.55. The van der Waals surface area contributed by atoms with Crippen LogP contribution in [0.3, 0.4) is 0 Å². The average Bonchev–Trinajstić information content (AvgIpc) is 3.41. The fourth-order valence-corrected chi connectivity index (χ4v) is 5.80. The Kier molecular flexibility index (Phi) is 17.1. The van der Waals surface area contributed by atoms with Crippen LogP contribution < -0.4 is 0 Å². The molecule has 284 valence electrons. The number of hydrogen-bond acceptors (Lipinski definition) is 8. The lowest BCUT2D eigenvalue weighted by Gasteiger charge is -2.20. The zero-order chi connectivity index (χ0) is 38.0. The summed E-state index contributed by atoms with van der Waals surface area (Å²) in [5.74, 6) is -2.01. The molecule has 0 bridgehead atoms. The fourth-order valence-electron chi connectivity index (χ4n) is 5.80. The van der Waals surface area contributed by atoms with Crippen molar-refractivity contribution >= 4 is 57.4 Å². The number of hydrogen-bond donors (Lipinski definition) is 2. The Labute approximate surface area is 306 Å². The molecule has 1 heterocycles. The van der Waals surface area contributed by atoms with Crippen LogP contribution >= 0.6 is 0 Å². The molecule has 0 aliphatic carbocycles. The van der Waals surface area contributed by atoms with Crippen LogP contribution in [0.4, 0.5) is 9.59 Å². The third kappa shape index (κ3) is 12.1. The van der Waals surface area contributed by atoms with E-state index in [0.29, 0.717) is 48.7 Å². The summed E-state index contributed by atoms with van der Waals surface area (Å²) < 4.78 is 2.01. The zero-order valence-corrected chi connectivity index (χ0v) is 31.4. The van der Waals surface area contributed by atoms with Gasteiger partial charge in [-0.25, -0.2) is 9.59 Å². The van der Waals surface area contributed by atoms with E-state index in [-0.39, 0.29) is 25.7 Å². The monoisotopic (exact) mass is 721 g/mol. The number of rotatable bonds is 22. The molecule has 2 aromatic carbocycles. The third-order valence-electron chi connectivity index (χ3n) is 8.93. The molecule has 2 N–H and O–H groups in total. The van der Waals surface area contributed by atoms with Crippen LogP contribution in [0.5, 0.6) is 0 Å². The molecule has 0 unspecified atom stereocenters. The number of aryl methyl sites for hydroxylation is 1. The van der Waals surface area contributed by atoms with Crippen LogP contribution in [0.15, 0.2) is 46.7 Å². The Morgan fingerprint density at radius 1 is 0.596 bits per heavy atom. The summed E-state index contributed by atoms with van der Waals surface area (Å²) in [5.41, 5.74) is 3.61. The van der Waals surface area contributed by atoms with E-state index in [0.717, 1.165) is 73.2 Å². The molecule has 52 heavy (non-hydrogen) atoms. The van der Waals surface area contributed by atoms with Crippen LogP contribution in [-0.2, 0) is 26.3 Å². The van der Waals surface area contributed by atoms with E-state index in [1.165, 1.54) is 0 Å². The van der Waals surface area contributed by atoms with Gasteiger partial charge in [-0.2, -0.15) is 0 Å². The Morgan fingerprint density at radius 3 is 1.25 bits per heavy atom. The normalized spacial score (nSPS) is 11.9. The minimum Gasteiger partial charge on any atom is -0.481 e. The van der Waals surface area contributed by atoms with Gasteiger partial charge in [0.2, 0.25) is 0 Å². The molecule has 13 heteroatoms. The first kappa shape index (κ1) is 41.5. The second-order valence-electron chi connectivity index (χ2n) is 13.0. The SMILES string of the molecule is CCCCN(CCCC)C(=O)O/N=C(\CCC(=O)O)c1ccc2c(c1)c1cc(/C(CCC(=O)O)=N/OC(=O)N(CCCC)CCCC)ccc1n2C. The van der Waals surface area contributed by atoms with Crippen molar-refractivity contribution in [2.45, 2.75) is 105 Å². The number of benzene rings is 2. The summed E-state index contributed by atoms with van der Waals surface area (Å²) in [7, 11) is 1.93. The predicted molar refractivity (Wildman–Crippen MR) is 203 cm³/mol. The quantitative estimate of drug-likeness (QED) is 0.0592. The van der Waals surface area contributed by atoms with Crippen molar-refractivity contribution in [2.75, 3.05) is 26.2 Å². The van der Waals surface area contributed by atoms with Crippen molar-refractivity contribution in [3.05, 3.63) is 47.5 Å². The van der Waals surface area contributed by atoms with E-state index in [1.807, 2.05) is 75.7 Å². The summed E-state index contributed by atoms with van der Waals surface area (Å²) in [4.78, 5) is 63.3. The topological polar surface area (TPSA) is 163 Å². The molecule has 3 aromatic rings. The van der Waals surface area contributed by atoms with Crippen molar-refractivity contribution in [2.24, 2.45) is 17.4 Å². The van der Waals surface area contributed by atoms with Crippen LogP contribution in [0.1, 0.15) is 116 Å². The summed E-state index contributed by atoms with van der Waals surface area (Å²) in [6.07, 6.45) is 5.52. The zero-order valence-electron chi connectivity index (χ0n) is 31.4. The first-order valence-electron chi connectivity index (χ1n) is 18.6. The highest BCUT2D eigenvalue weighted by molar-refractivity contribution is 6.14. The highest BCUT2D eigenvalue weighted by atomic mass is 16.7. The van der Waals surface area contributed by atoms with Gasteiger partial charge in [-0.15, -0.1) is 0 Å². The van der Waals surface area contributed by atoms with Gasteiger partial charge in [-0.05, 0) is 49.9 Å². The number of carboxylic acid groups (broad SMARTS) is 2. The number of fused-ring (bicyclic) bond motifs is 3. The lowest BCUT2D eigenvalue weighted by atomic mass is 10.0. The second-order valence-corrected chi connectivity index (χ2v) is 13.0. The van der Waals surface area contributed by atoms with Gasteiger partial charge in [0, 0.05) is 79.0 Å². The number of carbonyl (C=O) groups excluding carboxylic acids is 2. The number of aliphatic carboxylic acids is 2. The van der Waals surface area contributed by atoms with Gasteiger partial charge in [-0.1, -0.05) is 75.8 Å². The van der Waals surface area contributed by atoms with Gasteiger partial charge in [0.15, 0.2) is 0 Å².